The summed E-state index contributed by atoms with van der Waals surface area (Å²) >= 11 is 18.8. The zero-order valence-electron chi connectivity index (χ0n) is 75.3. The summed E-state index contributed by atoms with van der Waals surface area (Å²) in [6.07, 6.45) is 12.0. The van der Waals surface area contributed by atoms with Crippen molar-refractivity contribution in [3.63, 3.8) is 0 Å². The third-order valence-electron chi connectivity index (χ3n) is 23.0. The van der Waals surface area contributed by atoms with Crippen LogP contribution in [-0.4, -0.2) is 148 Å². The van der Waals surface area contributed by atoms with Gasteiger partial charge < -0.3 is 59.6 Å². The molecule has 33 heteroatoms. The number of halogens is 3. The van der Waals surface area contributed by atoms with Crippen molar-refractivity contribution >= 4 is 144 Å². The van der Waals surface area contributed by atoms with Crippen LogP contribution in [-0.2, 0) is 62.4 Å². The first-order valence-corrected chi connectivity index (χ1v) is 50.5. The highest BCUT2D eigenvalue weighted by atomic mass is 35.5. The van der Waals surface area contributed by atoms with Crippen molar-refractivity contribution in [1.29, 1.82) is 0 Å². The summed E-state index contributed by atoms with van der Waals surface area (Å²) in [5.74, 6) is -2.24. The van der Waals surface area contributed by atoms with Crippen LogP contribution in [0.3, 0.4) is 0 Å². The molecule has 0 bridgehead atoms. The molecule has 14 aromatic rings. The summed E-state index contributed by atoms with van der Waals surface area (Å²) in [4.78, 5) is 87.2. The number of carbonyl (C=O) groups excluding carboxylic acids is 6. The predicted octanol–water partition coefficient (Wildman–Crippen LogP) is 17.9. The molecule has 0 atom stereocenters. The number of H-pyrrole nitrogens is 3. The van der Waals surface area contributed by atoms with E-state index in [9.17, 15) is 54.0 Å². The van der Waals surface area contributed by atoms with Gasteiger partial charge in [-0.1, -0.05) is 188 Å². The van der Waals surface area contributed by atoms with Gasteiger partial charge in [-0.05, 0) is 227 Å². The Balaban J connectivity index is 0.000000171. The SMILES string of the molecule is Cc1cc(OCCCc2c(C(=O)NS(=O)(=O)CCNC(=O)NC3CCCCC3)[nH]c3ccccc23)cc(C)c1Cl.Cc1cc(OCCCc2c(C(=O)NS(=O)(=O)CCNC(=O)c3cccn3Cc3ccccc3)[nH]c3ccccc23)cc(C)c1Cl.Cc1cc(OCCCc2c(C(=O)NS(=O)(=O)CCNC(=O)c3cn(Cc4ccccc4)c4ccccc34)[nH]c3ccccc23)cc(C)c1Cl. The Morgan fingerprint density at radius 1 is 0.388 bits per heavy atom. The lowest BCUT2D eigenvalue weighted by molar-refractivity contribution is 0.0941. The number of rotatable bonds is 37. The summed E-state index contributed by atoms with van der Waals surface area (Å²) in [6.45, 7) is 13.4. The van der Waals surface area contributed by atoms with Crippen molar-refractivity contribution in [3.8, 4) is 17.2 Å². The fraction of sp³-hybridized carbons (Fsp3) is 0.287. The van der Waals surface area contributed by atoms with Gasteiger partial charge >= 0.3 is 6.03 Å². The second kappa shape index (κ2) is 45.7. The van der Waals surface area contributed by atoms with Crippen molar-refractivity contribution < 1.29 is 68.2 Å². The molecule has 1 aliphatic carbocycles. The molecule has 0 radical (unpaired) electrons. The number of urea groups is 1. The van der Waals surface area contributed by atoms with E-state index < -0.39 is 82.9 Å². The topological polar surface area (TPSA) is 374 Å². The van der Waals surface area contributed by atoms with Gasteiger partial charge in [-0.25, -0.2) is 44.2 Å². The maximum atomic E-state index is 13.4. The predicted molar refractivity (Wildman–Crippen MR) is 528 cm³/mol. The van der Waals surface area contributed by atoms with Crippen LogP contribution in [0.15, 0.2) is 219 Å². The van der Waals surface area contributed by atoms with Crippen LogP contribution < -0.4 is 49.6 Å². The number of carbonyl (C=O) groups is 6. The number of amides is 7. The fourth-order valence-electron chi connectivity index (χ4n) is 16.4. The molecule has 10 N–H and O–H groups in total. The highest BCUT2D eigenvalue weighted by Crippen LogP contribution is 2.33. The third kappa shape index (κ3) is 26.6. The van der Waals surface area contributed by atoms with E-state index in [1.54, 1.807) is 29.1 Å². The molecular formula is C101H109Cl3N12O15S3. The monoisotopic (exact) mass is 1930 g/mol. The second-order valence-electron chi connectivity index (χ2n) is 33.2. The molecule has 0 unspecified atom stereocenters. The number of ether oxygens (including phenoxy) is 3. The lowest BCUT2D eigenvalue weighted by atomic mass is 9.96. The molecule has 702 valence electrons. The Morgan fingerprint density at radius 2 is 0.731 bits per heavy atom. The Kier molecular flexibility index (Phi) is 33.7. The largest absolute Gasteiger partial charge is 0.494 e. The highest BCUT2D eigenvalue weighted by Gasteiger charge is 2.28. The number of aromatic amines is 3. The van der Waals surface area contributed by atoms with Gasteiger partial charge in [-0.2, -0.15) is 0 Å². The molecule has 1 fully saturated rings. The number of hydrogen-bond donors (Lipinski definition) is 10. The normalized spacial score (nSPS) is 12.3. The molecule has 1 aliphatic rings. The van der Waals surface area contributed by atoms with E-state index in [4.69, 9.17) is 49.0 Å². The van der Waals surface area contributed by atoms with E-state index in [0.29, 0.717) is 115 Å². The van der Waals surface area contributed by atoms with E-state index >= 15 is 0 Å². The maximum absolute atomic E-state index is 13.4. The van der Waals surface area contributed by atoms with E-state index in [1.807, 2.05) is 240 Å². The summed E-state index contributed by atoms with van der Waals surface area (Å²) in [6, 6.07) is 64.0. The molecule has 0 saturated heterocycles. The van der Waals surface area contributed by atoms with Crippen molar-refractivity contribution in [2.45, 2.75) is 131 Å². The molecule has 27 nitrogen and oxygen atoms in total. The molecule has 5 heterocycles. The van der Waals surface area contributed by atoms with Crippen LogP contribution in [0.2, 0.25) is 15.1 Å². The Hall–Kier alpha value is -12.8. The van der Waals surface area contributed by atoms with E-state index in [0.717, 1.165) is 130 Å². The van der Waals surface area contributed by atoms with Gasteiger partial charge in [0.15, 0.2) is 0 Å². The standard InChI is InChI=1S/C38H37ClN4O5S.C34H35ClN4O5S.C29H37ClN4O5S/c1-25-21-28(22-26(2)35(25)39)48-19-10-15-31-29-13-6-8-16-33(29)41-36(31)38(45)42-49(46,47)20-18-40-37(44)32-24-43(23-27-11-4-3-5-12-27)34-17-9-7-14-30(32)34;1-23-20-26(21-24(2)31(23)35)44-18-9-13-28-27-12-6-7-14-29(27)37-32(28)34(41)38-45(42,43)19-16-36-33(40)30-15-8-17-39(30)22-25-10-4-3-5-11-25;1-19-17-22(18-20(2)26(19)30)39-15-8-12-24-23-11-6-7-13-25(23)33-27(24)28(35)34-40(37,38)16-14-31-29(36)32-21-9-4-3-5-10-21/h3-9,11-14,16-17,21-22,24,41H,10,15,18-20,23H2,1-2H3,(H,40,44)(H,42,45);3-8,10-12,14-15,17,20-21,37H,9,13,16,18-19,22H2,1-2H3,(H,36,40)(H,38,41);6-7,11,13,17-18,21,33H,3-5,8-10,12,14-16H2,1-2H3,(H,34,35)(H2,31,32,36). The minimum Gasteiger partial charge on any atom is -0.494 e. The van der Waals surface area contributed by atoms with Crippen molar-refractivity contribution in [3.05, 3.63) is 323 Å². The molecule has 0 spiro atoms. The third-order valence-corrected chi connectivity index (χ3v) is 28.5. The number of hydrogen-bond acceptors (Lipinski definition) is 15. The summed E-state index contributed by atoms with van der Waals surface area (Å²) in [5.41, 5.74) is 14.4. The van der Waals surface area contributed by atoms with Crippen molar-refractivity contribution in [2.24, 2.45) is 0 Å². The lowest BCUT2D eigenvalue weighted by Crippen LogP contribution is -2.45. The lowest BCUT2D eigenvalue weighted by Gasteiger charge is -2.22. The van der Waals surface area contributed by atoms with Crippen LogP contribution in [0.5, 0.6) is 17.2 Å². The number of aromatic nitrogens is 5. The maximum Gasteiger partial charge on any atom is 0.315 e. The average Bonchev–Trinajstić information content (AvgIpc) is 1.66. The summed E-state index contributed by atoms with van der Waals surface area (Å²) in [7, 11) is -12.1. The first-order valence-electron chi connectivity index (χ1n) is 44.4. The molecule has 5 aromatic heterocycles. The number of aryl methyl sites for hydroxylation is 9. The van der Waals surface area contributed by atoms with Crippen LogP contribution in [0.4, 0.5) is 4.79 Å². The van der Waals surface area contributed by atoms with Crippen LogP contribution in [0.1, 0.15) is 165 Å². The first kappa shape index (κ1) is 98.7. The first-order chi connectivity index (χ1) is 64.3. The number of nitrogens with zero attached hydrogens (tertiary/aromatic N) is 2. The quantitative estimate of drug-likeness (QED) is 0.0162. The van der Waals surface area contributed by atoms with Crippen LogP contribution >= 0.6 is 34.8 Å². The molecule has 9 aromatic carbocycles. The van der Waals surface area contributed by atoms with Crippen LogP contribution in [0, 0.1) is 41.5 Å². The van der Waals surface area contributed by atoms with Crippen LogP contribution in [0.25, 0.3) is 43.6 Å². The minimum atomic E-state index is -4.09. The summed E-state index contributed by atoms with van der Waals surface area (Å²) in [5, 5.41) is 16.3. The fourth-order valence-corrected chi connectivity index (χ4v) is 19.3. The number of fused-ring (bicyclic) bond motifs is 4. The number of benzene rings is 9. The number of para-hydroxylation sites is 4. The smallest absolute Gasteiger partial charge is 0.315 e. The Morgan fingerprint density at radius 3 is 1.13 bits per heavy atom. The molecule has 15 rings (SSSR count). The second-order valence-corrected chi connectivity index (χ2v) is 39.9. The zero-order valence-corrected chi connectivity index (χ0v) is 80.0. The molecule has 7 amide bonds. The minimum absolute atomic E-state index is 0.109. The summed E-state index contributed by atoms with van der Waals surface area (Å²) < 4.78 is 105. The molecule has 134 heavy (non-hydrogen) atoms. The highest BCUT2D eigenvalue weighted by molar-refractivity contribution is 7.90. The van der Waals surface area contributed by atoms with Gasteiger partial charge in [0.25, 0.3) is 29.5 Å². The van der Waals surface area contributed by atoms with Gasteiger partial charge in [-0.3, -0.25) is 24.0 Å². The molecular weight excluding hydrogens is 1820 g/mol. The van der Waals surface area contributed by atoms with Gasteiger partial charge in [-0.15, -0.1) is 0 Å². The number of sulfonamides is 3. The average molecular weight is 1930 g/mol. The van der Waals surface area contributed by atoms with E-state index in [2.05, 4.69) is 50.4 Å². The van der Waals surface area contributed by atoms with Gasteiger partial charge in [0.2, 0.25) is 30.1 Å². The van der Waals surface area contributed by atoms with E-state index in [1.165, 1.54) is 6.42 Å². The van der Waals surface area contributed by atoms with Crippen molar-refractivity contribution in [1.82, 2.24) is 59.5 Å². The number of nitrogens with one attached hydrogen (secondary N) is 10. The van der Waals surface area contributed by atoms with E-state index in [-0.39, 0.29) is 42.8 Å². The Labute approximate surface area is 794 Å². The zero-order chi connectivity index (χ0) is 95.2. The van der Waals surface area contributed by atoms with Gasteiger partial charge in [0.1, 0.15) is 40.0 Å². The van der Waals surface area contributed by atoms with Gasteiger partial charge in [0, 0.05) is 110 Å². The molecule has 1 saturated carbocycles. The Bertz CT molecular complexity index is 6880. The molecule has 0 aliphatic heterocycles. The van der Waals surface area contributed by atoms with Crippen molar-refractivity contribution in [2.75, 3.05) is 56.7 Å². The van der Waals surface area contributed by atoms with Gasteiger partial charge in [0.05, 0.1) is 42.6 Å².